The van der Waals surface area contributed by atoms with Crippen molar-refractivity contribution in [2.75, 3.05) is 26.3 Å². The molecule has 2 aromatic carbocycles. The number of ether oxygens (including phenoxy) is 1. The van der Waals surface area contributed by atoms with Gasteiger partial charge in [-0.25, -0.2) is 4.98 Å². The van der Waals surface area contributed by atoms with Crippen LogP contribution in [-0.2, 0) is 22.5 Å². The van der Waals surface area contributed by atoms with Crippen molar-refractivity contribution in [2.45, 2.75) is 19.4 Å². The lowest BCUT2D eigenvalue weighted by Crippen LogP contribution is -2.40. The number of hydrogen-bond donors (Lipinski definition) is 1. The van der Waals surface area contributed by atoms with Crippen molar-refractivity contribution in [1.82, 2.24) is 15.2 Å². The van der Waals surface area contributed by atoms with Gasteiger partial charge in [0.2, 0.25) is 5.91 Å². The van der Waals surface area contributed by atoms with Crippen LogP contribution in [0.4, 0.5) is 0 Å². The molecular weight excluding hydrogens is 394 g/mol. The number of oxazole rings is 1. The van der Waals surface area contributed by atoms with Crippen LogP contribution in [0.15, 0.2) is 65.2 Å². The van der Waals surface area contributed by atoms with Gasteiger partial charge in [-0.15, -0.1) is 0 Å². The Kier molecular flexibility index (Phi) is 6.74. The summed E-state index contributed by atoms with van der Waals surface area (Å²) < 4.78 is 11.0. The van der Waals surface area contributed by atoms with E-state index in [0.717, 1.165) is 11.1 Å². The van der Waals surface area contributed by atoms with Gasteiger partial charge in [-0.2, -0.15) is 0 Å². The molecule has 1 saturated heterocycles. The number of carbonyl (C=O) groups is 2. The molecule has 0 atom stereocenters. The Morgan fingerprint density at radius 1 is 1.00 bits per heavy atom. The summed E-state index contributed by atoms with van der Waals surface area (Å²) in [6, 6.07) is 17.1. The minimum Gasteiger partial charge on any atom is -0.441 e. The Hall–Kier alpha value is -3.45. The van der Waals surface area contributed by atoms with Crippen molar-refractivity contribution in [1.29, 1.82) is 0 Å². The quantitative estimate of drug-likeness (QED) is 0.636. The van der Waals surface area contributed by atoms with Gasteiger partial charge in [0.15, 0.2) is 11.7 Å². The number of amides is 2. The minimum atomic E-state index is -0.0760. The van der Waals surface area contributed by atoms with Crippen molar-refractivity contribution in [2.24, 2.45) is 0 Å². The summed E-state index contributed by atoms with van der Waals surface area (Å²) in [6.07, 6.45) is 2.41. The van der Waals surface area contributed by atoms with Crippen LogP contribution in [0.25, 0.3) is 11.3 Å². The Bertz CT molecular complexity index is 1010. The molecule has 3 aromatic rings. The number of benzene rings is 2. The second kappa shape index (κ2) is 10.0. The second-order valence-corrected chi connectivity index (χ2v) is 7.36. The molecule has 0 radical (unpaired) electrons. The fourth-order valence-corrected chi connectivity index (χ4v) is 3.39. The molecule has 2 heterocycles. The molecule has 1 aromatic heterocycles. The highest BCUT2D eigenvalue weighted by atomic mass is 16.5. The number of aromatic nitrogens is 1. The monoisotopic (exact) mass is 419 g/mol. The van der Waals surface area contributed by atoms with E-state index in [1.54, 1.807) is 23.2 Å². The molecular formula is C24H25N3O4. The third-order valence-corrected chi connectivity index (χ3v) is 5.17. The first-order chi connectivity index (χ1) is 15.2. The zero-order valence-corrected chi connectivity index (χ0v) is 17.3. The lowest BCUT2D eigenvalue weighted by molar-refractivity contribution is -0.121. The van der Waals surface area contributed by atoms with Gasteiger partial charge in [-0.1, -0.05) is 42.5 Å². The molecule has 0 aliphatic carbocycles. The molecule has 160 valence electrons. The van der Waals surface area contributed by atoms with Crippen LogP contribution < -0.4 is 5.32 Å². The van der Waals surface area contributed by atoms with E-state index in [1.807, 2.05) is 42.5 Å². The lowest BCUT2D eigenvalue weighted by Gasteiger charge is -2.26. The zero-order chi connectivity index (χ0) is 21.5. The molecule has 0 saturated carbocycles. The molecule has 0 bridgehead atoms. The summed E-state index contributed by atoms with van der Waals surface area (Å²) in [5.74, 6) is 1.18. The van der Waals surface area contributed by atoms with Crippen molar-refractivity contribution in [3.8, 4) is 11.3 Å². The van der Waals surface area contributed by atoms with Crippen LogP contribution in [-0.4, -0.2) is 48.0 Å². The molecule has 0 spiro atoms. The van der Waals surface area contributed by atoms with Gasteiger partial charge in [0.25, 0.3) is 5.91 Å². The van der Waals surface area contributed by atoms with Gasteiger partial charge in [0, 0.05) is 43.6 Å². The summed E-state index contributed by atoms with van der Waals surface area (Å²) in [6.45, 7) is 2.81. The van der Waals surface area contributed by atoms with Gasteiger partial charge in [0.05, 0.1) is 19.4 Å². The number of nitrogens with one attached hydrogen (secondary N) is 1. The maximum absolute atomic E-state index is 12.5. The van der Waals surface area contributed by atoms with Gasteiger partial charge >= 0.3 is 0 Å². The predicted octanol–water partition coefficient (Wildman–Crippen LogP) is 3.06. The topological polar surface area (TPSA) is 84.7 Å². The molecule has 0 unspecified atom stereocenters. The van der Waals surface area contributed by atoms with Crippen LogP contribution in [0.3, 0.4) is 0 Å². The van der Waals surface area contributed by atoms with E-state index in [1.165, 1.54) is 0 Å². The summed E-state index contributed by atoms with van der Waals surface area (Å²) in [7, 11) is 0. The van der Waals surface area contributed by atoms with Gasteiger partial charge in [-0.05, 0) is 17.7 Å². The van der Waals surface area contributed by atoms with Crippen molar-refractivity contribution in [3.63, 3.8) is 0 Å². The summed E-state index contributed by atoms with van der Waals surface area (Å²) in [5.41, 5.74) is 2.55. The molecule has 1 aliphatic rings. The normalized spacial score (nSPS) is 13.7. The lowest BCUT2D eigenvalue weighted by atomic mass is 10.1. The standard InChI is InChI=1S/C24H25N3O4/c28-22(10-11-23-26-17-21(31-23)19-4-2-1-3-5-19)25-16-18-6-8-20(9-7-18)24(29)27-12-14-30-15-13-27/h1-9,17H,10-16H2,(H,25,28). The average Bonchev–Trinajstić information content (AvgIpc) is 3.31. The fraction of sp³-hybridized carbons (Fsp3) is 0.292. The largest absolute Gasteiger partial charge is 0.441 e. The smallest absolute Gasteiger partial charge is 0.254 e. The third kappa shape index (κ3) is 5.58. The van der Waals surface area contributed by atoms with Gasteiger partial charge in [0.1, 0.15) is 0 Å². The number of morpholine rings is 1. The van der Waals surface area contributed by atoms with E-state index in [4.69, 9.17) is 9.15 Å². The van der Waals surface area contributed by atoms with Crippen molar-refractivity contribution >= 4 is 11.8 Å². The first-order valence-corrected chi connectivity index (χ1v) is 10.4. The number of aryl methyl sites for hydroxylation is 1. The van der Waals surface area contributed by atoms with E-state index in [9.17, 15) is 9.59 Å². The van der Waals surface area contributed by atoms with E-state index in [2.05, 4.69) is 10.3 Å². The molecule has 1 fully saturated rings. The van der Waals surface area contributed by atoms with E-state index < -0.39 is 0 Å². The molecule has 7 nitrogen and oxygen atoms in total. The summed E-state index contributed by atoms with van der Waals surface area (Å²) >= 11 is 0. The molecule has 4 rings (SSSR count). The van der Waals surface area contributed by atoms with Crippen LogP contribution in [0, 0.1) is 0 Å². The van der Waals surface area contributed by atoms with E-state index >= 15 is 0 Å². The molecule has 2 amide bonds. The van der Waals surface area contributed by atoms with Crippen molar-refractivity contribution < 1.29 is 18.7 Å². The highest BCUT2D eigenvalue weighted by molar-refractivity contribution is 5.94. The van der Waals surface area contributed by atoms with E-state index in [0.29, 0.717) is 62.9 Å². The third-order valence-electron chi connectivity index (χ3n) is 5.17. The molecule has 1 N–H and O–H groups in total. The SMILES string of the molecule is O=C(CCc1ncc(-c2ccccc2)o1)NCc1ccc(C(=O)N2CCOCC2)cc1. The van der Waals surface area contributed by atoms with Crippen molar-refractivity contribution in [3.05, 3.63) is 77.8 Å². The van der Waals surface area contributed by atoms with Crippen LogP contribution >= 0.6 is 0 Å². The van der Waals surface area contributed by atoms with Crippen LogP contribution in [0.1, 0.15) is 28.2 Å². The zero-order valence-electron chi connectivity index (χ0n) is 17.3. The second-order valence-electron chi connectivity index (χ2n) is 7.36. The molecule has 31 heavy (non-hydrogen) atoms. The average molecular weight is 419 g/mol. The molecule has 7 heteroatoms. The molecule has 1 aliphatic heterocycles. The predicted molar refractivity (Wildman–Crippen MR) is 115 cm³/mol. The fourth-order valence-electron chi connectivity index (χ4n) is 3.39. The number of rotatable bonds is 7. The maximum Gasteiger partial charge on any atom is 0.254 e. The first-order valence-electron chi connectivity index (χ1n) is 10.4. The summed E-state index contributed by atoms with van der Waals surface area (Å²) in [5, 5.41) is 2.90. The highest BCUT2D eigenvalue weighted by Gasteiger charge is 2.18. The van der Waals surface area contributed by atoms with Gasteiger partial charge < -0.3 is 19.4 Å². The number of nitrogens with zero attached hydrogens (tertiary/aromatic N) is 2. The summed E-state index contributed by atoms with van der Waals surface area (Å²) in [4.78, 5) is 30.7. The minimum absolute atomic E-state index is 0.0136. The van der Waals surface area contributed by atoms with Crippen LogP contribution in [0.2, 0.25) is 0 Å². The maximum atomic E-state index is 12.5. The van der Waals surface area contributed by atoms with E-state index in [-0.39, 0.29) is 11.8 Å². The Labute approximate surface area is 181 Å². The number of carbonyl (C=O) groups excluding carboxylic acids is 2. The Morgan fingerprint density at radius 3 is 2.48 bits per heavy atom. The highest BCUT2D eigenvalue weighted by Crippen LogP contribution is 2.20. The van der Waals surface area contributed by atoms with Crippen LogP contribution in [0.5, 0.6) is 0 Å². The first kappa shape index (κ1) is 20.8. The Morgan fingerprint density at radius 2 is 1.74 bits per heavy atom. The Balaban J connectivity index is 1.23. The van der Waals surface area contributed by atoms with Gasteiger partial charge in [-0.3, -0.25) is 9.59 Å². The number of hydrogen-bond acceptors (Lipinski definition) is 5.